The van der Waals surface area contributed by atoms with E-state index >= 15 is 0 Å². The third kappa shape index (κ3) is 2.63. The number of nitrogens with zero attached hydrogens (tertiary/aromatic N) is 1. The summed E-state index contributed by atoms with van der Waals surface area (Å²) in [6, 6.07) is 8.54. The van der Waals surface area contributed by atoms with E-state index in [4.69, 9.17) is 28.5 Å². The van der Waals surface area contributed by atoms with E-state index in [-0.39, 0.29) is 0 Å². The minimum absolute atomic E-state index is 0.370. The molecule has 0 aliphatic rings. The highest BCUT2D eigenvalue weighted by molar-refractivity contribution is 6.54. The molecule has 0 radical (unpaired) electrons. The molecule has 1 N–H and O–H groups in total. The first kappa shape index (κ1) is 10.8. The summed E-state index contributed by atoms with van der Waals surface area (Å²) < 4.78 is 0. The minimum Gasteiger partial charge on any atom is -0.323 e. The van der Waals surface area contributed by atoms with Crippen molar-refractivity contribution in [3.05, 3.63) is 29.8 Å². The summed E-state index contributed by atoms with van der Waals surface area (Å²) in [5.74, 6) is -0.545. The van der Waals surface area contributed by atoms with E-state index in [2.05, 4.69) is 5.32 Å². The zero-order chi connectivity index (χ0) is 10.6. The fourth-order valence-corrected chi connectivity index (χ4v) is 0.986. The molecule has 1 aromatic carbocycles. The third-order valence-electron chi connectivity index (χ3n) is 1.50. The highest BCUT2D eigenvalue weighted by Crippen LogP contribution is 2.15. The Morgan fingerprint density at radius 1 is 1.43 bits per heavy atom. The Labute approximate surface area is 91.2 Å². The van der Waals surface area contributed by atoms with Crippen molar-refractivity contribution in [1.82, 2.24) is 0 Å². The van der Waals surface area contributed by atoms with E-state index in [0.29, 0.717) is 11.3 Å². The van der Waals surface area contributed by atoms with Crippen molar-refractivity contribution in [3.8, 4) is 6.07 Å². The molecule has 1 rings (SSSR count). The Bertz CT molecular complexity index is 385. The van der Waals surface area contributed by atoms with Gasteiger partial charge >= 0.3 is 0 Å². The molecule has 1 amide bonds. The Kier molecular flexibility index (Phi) is 3.75. The summed E-state index contributed by atoms with van der Waals surface area (Å²) in [7, 11) is 0. The lowest BCUT2D eigenvalue weighted by atomic mass is 10.2. The standard InChI is InChI=1S/C9H6Cl2N2O/c10-8(11)9(14)13-7-4-2-1-3-6(7)5-12/h1-4,8H,(H,13,14). The lowest BCUT2D eigenvalue weighted by Gasteiger charge is -2.06. The van der Waals surface area contributed by atoms with Crippen LogP contribution in [0, 0.1) is 11.3 Å². The second kappa shape index (κ2) is 4.85. The van der Waals surface area contributed by atoms with Gasteiger partial charge in [0.25, 0.3) is 5.91 Å². The SMILES string of the molecule is N#Cc1ccccc1NC(=O)C(Cl)Cl. The highest BCUT2D eigenvalue weighted by Gasteiger charge is 2.12. The number of anilines is 1. The van der Waals surface area contributed by atoms with Gasteiger partial charge in [0.1, 0.15) is 6.07 Å². The predicted octanol–water partition coefficient (Wildman–Crippen LogP) is 2.30. The normalized spacial score (nSPS) is 9.57. The van der Waals surface area contributed by atoms with Gasteiger partial charge in [0, 0.05) is 0 Å². The van der Waals surface area contributed by atoms with Crippen LogP contribution in [-0.4, -0.2) is 10.7 Å². The number of nitrogens with one attached hydrogen (secondary N) is 1. The first-order chi connectivity index (χ1) is 6.65. The number of carbonyl (C=O) groups excluding carboxylic acids is 1. The molecule has 0 unspecified atom stereocenters. The third-order valence-corrected chi connectivity index (χ3v) is 1.90. The Morgan fingerprint density at radius 2 is 2.07 bits per heavy atom. The van der Waals surface area contributed by atoms with Crippen LogP contribution in [0.4, 0.5) is 5.69 Å². The van der Waals surface area contributed by atoms with Crippen molar-refractivity contribution >= 4 is 34.8 Å². The molecule has 0 aromatic heterocycles. The summed E-state index contributed by atoms with van der Waals surface area (Å²) in [5.41, 5.74) is 0.779. The Hall–Kier alpha value is -1.24. The lowest BCUT2D eigenvalue weighted by Crippen LogP contribution is -2.19. The number of rotatable bonds is 2. The van der Waals surface area contributed by atoms with Crippen LogP contribution in [0.25, 0.3) is 0 Å². The van der Waals surface area contributed by atoms with Gasteiger partial charge in [0.2, 0.25) is 0 Å². The van der Waals surface area contributed by atoms with Crippen LogP contribution in [0.1, 0.15) is 5.56 Å². The van der Waals surface area contributed by atoms with Gasteiger partial charge in [-0.1, -0.05) is 35.3 Å². The van der Waals surface area contributed by atoms with Crippen LogP contribution < -0.4 is 5.32 Å². The van der Waals surface area contributed by atoms with E-state index in [1.165, 1.54) is 0 Å². The van der Waals surface area contributed by atoms with Crippen molar-refractivity contribution in [3.63, 3.8) is 0 Å². The number of nitriles is 1. The maximum atomic E-state index is 11.1. The fourth-order valence-electron chi connectivity index (χ4n) is 0.877. The van der Waals surface area contributed by atoms with E-state index in [9.17, 15) is 4.79 Å². The van der Waals surface area contributed by atoms with Gasteiger partial charge < -0.3 is 5.32 Å². The molecule has 0 spiro atoms. The topological polar surface area (TPSA) is 52.9 Å². The van der Waals surface area contributed by atoms with Crippen LogP contribution in [0.3, 0.4) is 0 Å². The summed E-state index contributed by atoms with van der Waals surface area (Å²) in [4.78, 5) is 9.96. The van der Waals surface area contributed by atoms with Crippen molar-refractivity contribution in [2.45, 2.75) is 4.84 Å². The van der Waals surface area contributed by atoms with E-state index in [1.807, 2.05) is 6.07 Å². The van der Waals surface area contributed by atoms with Crippen LogP contribution >= 0.6 is 23.2 Å². The van der Waals surface area contributed by atoms with E-state index in [0.717, 1.165) is 0 Å². The molecule has 0 fully saturated rings. The number of hydrogen-bond acceptors (Lipinski definition) is 2. The number of amides is 1. The highest BCUT2D eigenvalue weighted by atomic mass is 35.5. The number of alkyl halides is 2. The van der Waals surface area contributed by atoms with Crippen molar-refractivity contribution in [2.24, 2.45) is 0 Å². The van der Waals surface area contributed by atoms with E-state index < -0.39 is 10.7 Å². The van der Waals surface area contributed by atoms with Crippen LogP contribution in [0.5, 0.6) is 0 Å². The molecule has 3 nitrogen and oxygen atoms in total. The first-order valence-corrected chi connectivity index (χ1v) is 4.60. The molecule has 0 saturated heterocycles. The zero-order valence-electron chi connectivity index (χ0n) is 7.00. The maximum Gasteiger partial charge on any atom is 0.257 e. The molecule has 14 heavy (non-hydrogen) atoms. The van der Waals surface area contributed by atoms with Gasteiger partial charge in [0.15, 0.2) is 4.84 Å². The molecule has 0 heterocycles. The van der Waals surface area contributed by atoms with Crippen molar-refractivity contribution < 1.29 is 4.79 Å². The molecular formula is C9H6Cl2N2O. The molecule has 0 aliphatic heterocycles. The molecule has 0 aliphatic carbocycles. The second-order valence-corrected chi connectivity index (χ2v) is 3.54. The van der Waals surface area contributed by atoms with Crippen LogP contribution in [-0.2, 0) is 4.79 Å². The monoisotopic (exact) mass is 228 g/mol. The Balaban J connectivity index is 2.87. The van der Waals surface area contributed by atoms with Gasteiger partial charge in [-0.15, -0.1) is 0 Å². The number of carbonyl (C=O) groups is 1. The molecule has 0 atom stereocenters. The van der Waals surface area contributed by atoms with Gasteiger partial charge in [-0.2, -0.15) is 5.26 Å². The number of para-hydroxylation sites is 1. The lowest BCUT2D eigenvalue weighted by molar-refractivity contribution is -0.114. The van der Waals surface area contributed by atoms with Gasteiger partial charge in [-0.3, -0.25) is 4.79 Å². The van der Waals surface area contributed by atoms with Gasteiger partial charge in [0.05, 0.1) is 11.3 Å². The average molecular weight is 229 g/mol. The summed E-state index contributed by atoms with van der Waals surface area (Å²) >= 11 is 10.7. The van der Waals surface area contributed by atoms with Crippen LogP contribution in [0.2, 0.25) is 0 Å². The summed E-state index contributed by atoms with van der Waals surface area (Å²) in [6.07, 6.45) is 0. The fraction of sp³-hybridized carbons (Fsp3) is 0.111. The molecule has 0 bridgehead atoms. The molecule has 72 valence electrons. The molecule has 5 heteroatoms. The van der Waals surface area contributed by atoms with Crippen molar-refractivity contribution in [2.75, 3.05) is 5.32 Å². The zero-order valence-corrected chi connectivity index (χ0v) is 8.51. The van der Waals surface area contributed by atoms with Crippen molar-refractivity contribution in [1.29, 1.82) is 5.26 Å². The molecule has 0 saturated carbocycles. The molecular weight excluding hydrogens is 223 g/mol. The quantitative estimate of drug-likeness (QED) is 0.791. The smallest absolute Gasteiger partial charge is 0.257 e. The summed E-state index contributed by atoms with van der Waals surface area (Å²) in [6.45, 7) is 0. The number of halogens is 2. The number of hydrogen-bond donors (Lipinski definition) is 1. The largest absolute Gasteiger partial charge is 0.323 e. The van der Waals surface area contributed by atoms with Gasteiger partial charge in [-0.05, 0) is 12.1 Å². The van der Waals surface area contributed by atoms with Crippen LogP contribution in [0.15, 0.2) is 24.3 Å². The maximum absolute atomic E-state index is 11.1. The molecule has 1 aromatic rings. The average Bonchev–Trinajstić information content (AvgIpc) is 2.18. The van der Waals surface area contributed by atoms with E-state index in [1.54, 1.807) is 24.3 Å². The number of benzene rings is 1. The summed E-state index contributed by atoms with van der Waals surface area (Å²) in [5, 5.41) is 11.1. The Morgan fingerprint density at radius 3 is 2.64 bits per heavy atom. The minimum atomic E-state index is -1.14. The first-order valence-electron chi connectivity index (χ1n) is 3.73. The predicted molar refractivity (Wildman–Crippen MR) is 55.3 cm³/mol. The second-order valence-electron chi connectivity index (χ2n) is 2.45. The van der Waals surface area contributed by atoms with Gasteiger partial charge in [-0.25, -0.2) is 0 Å².